The van der Waals surface area contributed by atoms with Crippen molar-refractivity contribution in [3.05, 3.63) is 28.3 Å². The number of carbonyl (C=O) groups is 2. The normalized spacial score (nSPS) is 10.7. The van der Waals surface area contributed by atoms with Gasteiger partial charge in [0.15, 0.2) is 0 Å². The Kier molecular flexibility index (Phi) is 6.15. The molecule has 0 aromatic heterocycles. The van der Waals surface area contributed by atoms with Gasteiger partial charge in [0, 0.05) is 0 Å². The van der Waals surface area contributed by atoms with E-state index in [2.05, 4.69) is 31.0 Å². The van der Waals surface area contributed by atoms with Gasteiger partial charge in [0.05, 0.1) is 0 Å². The van der Waals surface area contributed by atoms with Crippen molar-refractivity contribution in [2.75, 3.05) is 5.32 Å². The molecule has 0 fully saturated rings. The van der Waals surface area contributed by atoms with Gasteiger partial charge in [-0.25, -0.2) is 0 Å². The van der Waals surface area contributed by atoms with Crippen molar-refractivity contribution in [3.8, 4) is 0 Å². The topological polar surface area (TPSA) is 113 Å². The van der Waals surface area contributed by atoms with E-state index in [-0.39, 0.29) is 18.0 Å². The predicted molar refractivity (Wildman–Crippen MR) is 86.7 cm³/mol. The molecular weight excluding hydrogens is 395 g/mol. The van der Waals surface area contributed by atoms with Crippen LogP contribution in [0.4, 0.5) is 16.2 Å². The minimum absolute atomic E-state index is 0.0912. The van der Waals surface area contributed by atoms with E-state index in [9.17, 15) is 19.7 Å². The third-order valence-electron chi connectivity index (χ3n) is 2.90. The predicted octanol–water partition coefficient (Wildman–Crippen LogP) is 1.70. The average molecular weight is 415 g/mol. The zero-order chi connectivity index (χ0) is 16.9. The molecule has 0 spiro atoms. The van der Waals surface area contributed by atoms with Gasteiger partial charge < -0.3 is 0 Å². The number of anilines is 1. The molecule has 0 saturated carbocycles. The number of nitrogens with one attached hydrogen (secondary N) is 3. The van der Waals surface area contributed by atoms with Gasteiger partial charge in [-0.3, -0.25) is 0 Å². The fraction of sp³-hybridized carbons (Fsp3) is 0.385. The summed E-state index contributed by atoms with van der Waals surface area (Å²) in [6.07, 6.45) is 0.250. The molecule has 1 aromatic carbocycles. The second-order valence-electron chi connectivity index (χ2n) is 5.72. The Labute approximate surface area is 132 Å². The number of hydrogen-bond donors (Lipinski definition) is 3. The van der Waals surface area contributed by atoms with Gasteiger partial charge in [-0.1, -0.05) is 0 Å². The van der Waals surface area contributed by atoms with Crippen molar-refractivity contribution < 1.29 is 14.5 Å². The summed E-state index contributed by atoms with van der Waals surface area (Å²) in [7, 11) is 0. The van der Waals surface area contributed by atoms with Crippen molar-refractivity contribution >= 4 is 45.3 Å². The molecule has 1 rings (SSSR count). The van der Waals surface area contributed by atoms with Gasteiger partial charge in [-0.05, 0) is 0 Å². The summed E-state index contributed by atoms with van der Waals surface area (Å²) in [4.78, 5) is 39.6. The molecule has 1 aromatic rings. The number of amides is 3. The molecular formula is C13H20N4O4Sn. The van der Waals surface area contributed by atoms with Gasteiger partial charge >= 0.3 is 132 Å². The van der Waals surface area contributed by atoms with Gasteiger partial charge in [0.25, 0.3) is 0 Å². The molecule has 0 atom stereocenters. The number of hydrogen-bond acceptors (Lipinski definition) is 4. The fourth-order valence-electron chi connectivity index (χ4n) is 1.75. The summed E-state index contributed by atoms with van der Waals surface area (Å²) in [5.74, 6) is -0.314. The van der Waals surface area contributed by atoms with Crippen molar-refractivity contribution in [3.63, 3.8) is 0 Å². The summed E-state index contributed by atoms with van der Waals surface area (Å²) in [5.41, 5.74) is 4.99. The first-order chi connectivity index (χ1) is 10.1. The second kappa shape index (κ2) is 7.43. The number of nitro groups is 1. The summed E-state index contributed by atoms with van der Waals surface area (Å²) >= 11 is -2.71. The Morgan fingerprint density at radius 1 is 1.23 bits per heavy atom. The molecule has 0 saturated heterocycles. The van der Waals surface area contributed by atoms with Crippen molar-refractivity contribution in [2.24, 2.45) is 0 Å². The number of rotatable bonds is 4. The van der Waals surface area contributed by atoms with Crippen LogP contribution in [0.3, 0.4) is 0 Å². The van der Waals surface area contributed by atoms with E-state index in [1.165, 1.54) is 12.1 Å². The van der Waals surface area contributed by atoms with Gasteiger partial charge in [0.2, 0.25) is 0 Å². The quantitative estimate of drug-likeness (QED) is 0.395. The summed E-state index contributed by atoms with van der Waals surface area (Å²) < 4.78 is 0.717. The van der Waals surface area contributed by atoms with Crippen molar-refractivity contribution in [2.45, 2.75) is 28.2 Å². The maximum atomic E-state index is 11.7. The zero-order valence-corrected chi connectivity index (χ0v) is 15.9. The van der Waals surface area contributed by atoms with Crippen LogP contribution in [0.1, 0.15) is 13.3 Å². The number of nitro benzene ring substituents is 1. The zero-order valence-electron chi connectivity index (χ0n) is 13.0. The van der Waals surface area contributed by atoms with Gasteiger partial charge in [-0.15, -0.1) is 0 Å². The molecule has 0 heterocycles. The van der Waals surface area contributed by atoms with Crippen LogP contribution in [0, 0.1) is 10.1 Å². The Balaban J connectivity index is 2.91. The molecule has 0 aliphatic heterocycles. The Bertz CT molecular complexity index is 598. The third kappa shape index (κ3) is 5.17. The van der Waals surface area contributed by atoms with Crippen LogP contribution in [0.25, 0.3) is 0 Å². The number of benzene rings is 1. The van der Waals surface area contributed by atoms with Crippen LogP contribution in [-0.2, 0) is 4.79 Å². The first kappa shape index (κ1) is 18.2. The molecule has 0 bridgehead atoms. The first-order valence-electron chi connectivity index (χ1n) is 6.80. The first-order valence-corrected chi connectivity index (χ1v) is 16.8. The Morgan fingerprint density at radius 3 is 2.36 bits per heavy atom. The molecule has 120 valence electrons. The second-order valence-corrected chi connectivity index (χ2v) is 20.1. The number of hydrazine groups is 1. The van der Waals surface area contributed by atoms with E-state index in [0.29, 0.717) is 5.69 Å². The van der Waals surface area contributed by atoms with Crippen LogP contribution in [0.15, 0.2) is 18.2 Å². The fourth-order valence-corrected chi connectivity index (χ4v) is 6.12. The summed E-state index contributed by atoms with van der Waals surface area (Å²) in [6, 6.07) is 3.92. The molecule has 0 aliphatic carbocycles. The van der Waals surface area contributed by atoms with E-state index >= 15 is 0 Å². The molecule has 3 N–H and O–H groups in total. The van der Waals surface area contributed by atoms with E-state index in [4.69, 9.17) is 0 Å². The molecule has 0 radical (unpaired) electrons. The number of carbonyl (C=O) groups excluding carboxylic acids is 2. The van der Waals surface area contributed by atoms with Crippen LogP contribution in [0.5, 0.6) is 0 Å². The molecule has 22 heavy (non-hydrogen) atoms. The van der Waals surface area contributed by atoms with Gasteiger partial charge in [0.1, 0.15) is 0 Å². The molecule has 3 amide bonds. The molecule has 9 heteroatoms. The van der Waals surface area contributed by atoms with Crippen LogP contribution in [-0.4, -0.2) is 35.2 Å². The van der Waals surface area contributed by atoms with Gasteiger partial charge in [-0.2, -0.15) is 0 Å². The van der Waals surface area contributed by atoms with Crippen LogP contribution in [0.2, 0.25) is 14.8 Å². The van der Waals surface area contributed by atoms with E-state index in [0.717, 1.165) is 3.58 Å². The Hall–Kier alpha value is -1.84. The van der Waals surface area contributed by atoms with E-state index in [1.54, 1.807) is 13.0 Å². The van der Waals surface area contributed by atoms with Crippen molar-refractivity contribution in [1.29, 1.82) is 0 Å². The standard InChI is InChI=1S/C10H11N4O4.3CH3.Sn/c1-2-9(15)12-13-10(16)11-7-3-5-8(6-4-7)14(17)18;;;;/h3-5H,2H2,1H3,(H,12,15)(H2,11,13,16);3*1H3;. The monoisotopic (exact) mass is 416 g/mol. The molecule has 8 nitrogen and oxygen atoms in total. The number of nitrogens with zero attached hydrogens (tertiary/aromatic N) is 1. The van der Waals surface area contributed by atoms with Crippen molar-refractivity contribution in [1.82, 2.24) is 10.9 Å². The number of urea groups is 1. The van der Waals surface area contributed by atoms with E-state index in [1.807, 2.05) is 0 Å². The maximum absolute atomic E-state index is 11.7. The summed E-state index contributed by atoms with van der Waals surface area (Å²) in [6.45, 7) is 1.66. The average Bonchev–Trinajstić information content (AvgIpc) is 2.43. The Morgan fingerprint density at radius 2 is 1.86 bits per heavy atom. The summed E-state index contributed by atoms with van der Waals surface area (Å²) in [5, 5.41) is 13.7. The molecule has 0 aliphatic rings. The molecule has 0 unspecified atom stereocenters. The van der Waals surface area contributed by atoms with Crippen LogP contribution >= 0.6 is 0 Å². The third-order valence-corrected chi connectivity index (χ3v) is 8.65. The SMILES string of the molecule is CCC(=O)NNC(=O)Nc1ccc([N+](=O)[O-])[c]([Sn]([CH3])([CH3])[CH3])c1. The van der Waals surface area contributed by atoms with E-state index < -0.39 is 29.3 Å². The van der Waals surface area contributed by atoms with Crippen LogP contribution < -0.4 is 19.7 Å². The minimum atomic E-state index is -2.71.